The molecule has 0 radical (unpaired) electrons. The Labute approximate surface area is 156 Å². The van der Waals surface area contributed by atoms with Crippen LogP contribution in [0.4, 0.5) is 5.95 Å². The van der Waals surface area contributed by atoms with Crippen LogP contribution in [0.1, 0.15) is 27.7 Å². The fraction of sp³-hybridized carbons (Fsp3) is 0.333. The van der Waals surface area contributed by atoms with Gasteiger partial charge in [-0.2, -0.15) is 0 Å². The SMILES string of the molecule is CC.CC.Nc1nc2ccn(CCOc3ccc(Br)cc3)c2c(=O)[nH]1. The summed E-state index contributed by atoms with van der Waals surface area (Å²) in [6.45, 7) is 9.00. The third-order valence-electron chi connectivity index (χ3n) is 3.05. The van der Waals surface area contributed by atoms with Gasteiger partial charge in [-0.05, 0) is 30.3 Å². The van der Waals surface area contributed by atoms with Crippen molar-refractivity contribution in [1.82, 2.24) is 14.5 Å². The summed E-state index contributed by atoms with van der Waals surface area (Å²) in [7, 11) is 0. The maximum Gasteiger partial charge on any atom is 0.276 e. The maximum atomic E-state index is 11.9. The van der Waals surface area contributed by atoms with Gasteiger partial charge in [0.2, 0.25) is 5.95 Å². The normalized spacial score (nSPS) is 9.64. The molecule has 0 saturated heterocycles. The van der Waals surface area contributed by atoms with Crippen molar-refractivity contribution >= 4 is 32.9 Å². The van der Waals surface area contributed by atoms with Crippen LogP contribution in [0.2, 0.25) is 0 Å². The van der Waals surface area contributed by atoms with E-state index in [0.717, 1.165) is 10.2 Å². The molecule has 3 aromatic rings. The van der Waals surface area contributed by atoms with E-state index in [1.165, 1.54) is 0 Å². The van der Waals surface area contributed by atoms with Crippen molar-refractivity contribution in [3.8, 4) is 5.75 Å². The van der Waals surface area contributed by atoms with Gasteiger partial charge >= 0.3 is 0 Å². The van der Waals surface area contributed by atoms with Crippen molar-refractivity contribution in [3.05, 3.63) is 51.4 Å². The molecule has 136 valence electrons. The Bertz CT molecular complexity index is 825. The number of hydrogen-bond acceptors (Lipinski definition) is 4. The van der Waals surface area contributed by atoms with E-state index in [-0.39, 0.29) is 11.5 Å². The first-order valence-corrected chi connectivity index (χ1v) is 9.16. The molecule has 0 saturated carbocycles. The predicted octanol–water partition coefficient (Wildman–Crippen LogP) is 4.20. The number of hydrogen-bond donors (Lipinski definition) is 2. The minimum atomic E-state index is -0.244. The molecule has 2 heterocycles. The fourth-order valence-electron chi connectivity index (χ4n) is 2.11. The Hall–Kier alpha value is -2.28. The van der Waals surface area contributed by atoms with Gasteiger partial charge in [-0.25, -0.2) is 4.98 Å². The summed E-state index contributed by atoms with van der Waals surface area (Å²) in [6, 6.07) is 9.36. The molecule has 0 aliphatic rings. The van der Waals surface area contributed by atoms with Crippen molar-refractivity contribution in [3.63, 3.8) is 0 Å². The van der Waals surface area contributed by atoms with E-state index in [0.29, 0.717) is 24.2 Å². The third kappa shape index (κ3) is 5.63. The van der Waals surface area contributed by atoms with Gasteiger partial charge in [-0.1, -0.05) is 43.6 Å². The first-order valence-electron chi connectivity index (χ1n) is 8.36. The molecule has 3 rings (SSSR count). The van der Waals surface area contributed by atoms with Crippen LogP contribution < -0.4 is 16.0 Å². The lowest BCUT2D eigenvalue weighted by Gasteiger charge is -2.08. The van der Waals surface area contributed by atoms with E-state index in [9.17, 15) is 4.79 Å². The number of nitrogen functional groups attached to an aromatic ring is 1. The van der Waals surface area contributed by atoms with E-state index in [1.54, 1.807) is 16.8 Å². The lowest BCUT2D eigenvalue weighted by molar-refractivity contribution is 0.300. The van der Waals surface area contributed by atoms with Crippen LogP contribution >= 0.6 is 15.9 Å². The second-order valence-corrected chi connectivity index (χ2v) is 5.41. The Morgan fingerprint density at radius 3 is 2.44 bits per heavy atom. The maximum absolute atomic E-state index is 11.9. The molecular formula is C18H25BrN4O2. The first-order chi connectivity index (χ1) is 12.1. The van der Waals surface area contributed by atoms with Gasteiger partial charge in [0.15, 0.2) is 0 Å². The lowest BCUT2D eigenvalue weighted by Crippen LogP contribution is -2.16. The quantitative estimate of drug-likeness (QED) is 0.676. The summed E-state index contributed by atoms with van der Waals surface area (Å²) in [5.41, 5.74) is 6.36. The zero-order valence-electron chi connectivity index (χ0n) is 15.0. The highest BCUT2D eigenvalue weighted by Crippen LogP contribution is 2.16. The second-order valence-electron chi connectivity index (χ2n) is 4.50. The van der Waals surface area contributed by atoms with Gasteiger partial charge in [0.1, 0.15) is 17.9 Å². The Balaban J connectivity index is 0.000000730. The number of benzene rings is 1. The number of H-pyrrole nitrogens is 1. The number of nitrogens with two attached hydrogens (primary N) is 1. The topological polar surface area (TPSA) is 85.9 Å². The number of anilines is 1. The van der Waals surface area contributed by atoms with Crippen LogP contribution in [0.25, 0.3) is 11.0 Å². The highest BCUT2D eigenvalue weighted by molar-refractivity contribution is 9.10. The average molecular weight is 409 g/mol. The first kappa shape index (κ1) is 20.8. The highest BCUT2D eigenvalue weighted by Gasteiger charge is 2.07. The molecule has 0 aliphatic heterocycles. The van der Waals surface area contributed by atoms with Gasteiger partial charge in [-0.3, -0.25) is 9.78 Å². The predicted molar refractivity (Wildman–Crippen MR) is 107 cm³/mol. The molecule has 0 amide bonds. The number of ether oxygens (including phenoxy) is 1. The standard InChI is InChI=1S/C14H13BrN4O2.2C2H6/c15-9-1-3-10(4-2-9)21-8-7-19-6-5-11-12(19)13(20)18-14(16)17-11;2*1-2/h1-6H,7-8H2,(H3,16,17,18,20);2*1-2H3. The number of fused-ring (bicyclic) bond motifs is 1. The monoisotopic (exact) mass is 408 g/mol. The van der Waals surface area contributed by atoms with Gasteiger partial charge in [-0.15, -0.1) is 0 Å². The molecule has 2 aromatic heterocycles. The van der Waals surface area contributed by atoms with E-state index in [1.807, 2.05) is 52.0 Å². The summed E-state index contributed by atoms with van der Waals surface area (Å²) in [6.07, 6.45) is 1.80. The van der Waals surface area contributed by atoms with Crippen molar-refractivity contribution in [2.75, 3.05) is 12.3 Å². The van der Waals surface area contributed by atoms with Crippen LogP contribution in [0.5, 0.6) is 5.75 Å². The van der Waals surface area contributed by atoms with Crippen molar-refractivity contribution in [2.45, 2.75) is 34.2 Å². The summed E-state index contributed by atoms with van der Waals surface area (Å²) < 4.78 is 8.45. The number of rotatable bonds is 4. The Morgan fingerprint density at radius 2 is 1.80 bits per heavy atom. The molecule has 0 aliphatic carbocycles. The molecular weight excluding hydrogens is 384 g/mol. The number of aromatic nitrogens is 3. The molecule has 0 bridgehead atoms. The number of nitrogens with zero attached hydrogens (tertiary/aromatic N) is 2. The Morgan fingerprint density at radius 1 is 1.16 bits per heavy atom. The second kappa shape index (κ2) is 10.6. The number of aromatic amines is 1. The molecule has 6 nitrogen and oxygen atoms in total. The molecule has 7 heteroatoms. The molecule has 25 heavy (non-hydrogen) atoms. The summed E-state index contributed by atoms with van der Waals surface area (Å²) >= 11 is 3.37. The Kier molecular flexibility index (Phi) is 8.77. The number of halogens is 1. The minimum Gasteiger partial charge on any atom is -0.492 e. The van der Waals surface area contributed by atoms with Crippen LogP contribution in [0, 0.1) is 0 Å². The molecule has 3 N–H and O–H groups in total. The van der Waals surface area contributed by atoms with Gasteiger partial charge in [0.25, 0.3) is 5.56 Å². The van der Waals surface area contributed by atoms with Gasteiger partial charge in [0, 0.05) is 10.7 Å². The lowest BCUT2D eigenvalue weighted by atomic mass is 10.3. The van der Waals surface area contributed by atoms with Crippen LogP contribution in [-0.2, 0) is 6.54 Å². The molecule has 0 fully saturated rings. The highest BCUT2D eigenvalue weighted by atomic mass is 79.9. The zero-order chi connectivity index (χ0) is 18.8. The third-order valence-corrected chi connectivity index (χ3v) is 3.58. The summed E-state index contributed by atoms with van der Waals surface area (Å²) in [4.78, 5) is 18.5. The molecule has 1 aromatic carbocycles. The molecule has 0 atom stereocenters. The number of nitrogens with one attached hydrogen (secondary N) is 1. The van der Waals surface area contributed by atoms with E-state index in [2.05, 4.69) is 25.9 Å². The summed E-state index contributed by atoms with van der Waals surface area (Å²) in [5.74, 6) is 0.905. The van der Waals surface area contributed by atoms with Gasteiger partial charge in [0.05, 0.1) is 12.1 Å². The van der Waals surface area contributed by atoms with Crippen LogP contribution in [0.15, 0.2) is 45.8 Å². The van der Waals surface area contributed by atoms with Crippen molar-refractivity contribution in [1.29, 1.82) is 0 Å². The van der Waals surface area contributed by atoms with E-state index < -0.39 is 0 Å². The fourth-order valence-corrected chi connectivity index (χ4v) is 2.37. The van der Waals surface area contributed by atoms with Gasteiger partial charge < -0.3 is 15.0 Å². The van der Waals surface area contributed by atoms with Crippen LogP contribution in [-0.4, -0.2) is 21.1 Å². The van der Waals surface area contributed by atoms with E-state index in [4.69, 9.17) is 10.5 Å². The smallest absolute Gasteiger partial charge is 0.276 e. The van der Waals surface area contributed by atoms with Crippen molar-refractivity contribution in [2.24, 2.45) is 0 Å². The average Bonchev–Trinajstić information content (AvgIpc) is 3.03. The van der Waals surface area contributed by atoms with E-state index >= 15 is 0 Å². The largest absolute Gasteiger partial charge is 0.492 e. The van der Waals surface area contributed by atoms with Crippen LogP contribution in [0.3, 0.4) is 0 Å². The summed E-state index contributed by atoms with van der Waals surface area (Å²) in [5, 5.41) is 0. The minimum absolute atomic E-state index is 0.122. The molecule has 0 unspecified atom stereocenters. The molecule has 0 spiro atoms. The van der Waals surface area contributed by atoms with Crippen molar-refractivity contribution < 1.29 is 4.74 Å². The zero-order valence-corrected chi connectivity index (χ0v) is 16.6.